The van der Waals surface area contributed by atoms with E-state index in [4.69, 9.17) is 5.73 Å². The number of aromatic nitrogens is 3. The van der Waals surface area contributed by atoms with E-state index in [0.29, 0.717) is 5.82 Å². The van der Waals surface area contributed by atoms with Crippen molar-refractivity contribution in [2.24, 2.45) is 5.92 Å². The number of fused-ring (bicyclic) bond motifs is 1. The molecule has 0 radical (unpaired) electrons. The predicted molar refractivity (Wildman–Crippen MR) is 72.6 cm³/mol. The van der Waals surface area contributed by atoms with Gasteiger partial charge in [0.25, 0.3) is 0 Å². The van der Waals surface area contributed by atoms with Crippen molar-refractivity contribution in [2.45, 2.75) is 26.2 Å². The van der Waals surface area contributed by atoms with E-state index in [0.717, 1.165) is 30.5 Å². The number of imidazole rings is 1. The molecule has 1 aliphatic heterocycles. The highest BCUT2D eigenvalue weighted by atomic mass is 15.2. The lowest BCUT2D eigenvalue weighted by atomic mass is 9.94. The number of nitrogen functional groups attached to an aromatic ring is 1. The van der Waals surface area contributed by atoms with Crippen LogP contribution in [0.2, 0.25) is 0 Å². The summed E-state index contributed by atoms with van der Waals surface area (Å²) in [5, 5.41) is 0. The summed E-state index contributed by atoms with van der Waals surface area (Å²) in [4.78, 5) is 11.2. The summed E-state index contributed by atoms with van der Waals surface area (Å²) in [5.41, 5.74) is 6.76. The Morgan fingerprint density at radius 2 is 2.17 bits per heavy atom. The molecular formula is C13H19N5. The fourth-order valence-corrected chi connectivity index (χ4v) is 2.70. The second-order valence-corrected chi connectivity index (χ2v) is 4.99. The second kappa shape index (κ2) is 4.48. The van der Waals surface area contributed by atoms with Gasteiger partial charge < -0.3 is 15.0 Å². The number of hydrogen-bond acceptors (Lipinski definition) is 4. The van der Waals surface area contributed by atoms with Crippen LogP contribution in [0.15, 0.2) is 18.6 Å². The molecule has 5 heteroatoms. The van der Waals surface area contributed by atoms with Crippen molar-refractivity contribution in [1.82, 2.24) is 14.4 Å². The Morgan fingerprint density at radius 3 is 2.89 bits per heavy atom. The van der Waals surface area contributed by atoms with Crippen LogP contribution in [-0.4, -0.2) is 27.5 Å². The first-order chi connectivity index (χ1) is 8.78. The molecule has 2 aromatic heterocycles. The van der Waals surface area contributed by atoms with E-state index in [1.807, 2.05) is 16.8 Å². The van der Waals surface area contributed by atoms with E-state index in [1.54, 1.807) is 6.20 Å². The lowest BCUT2D eigenvalue weighted by molar-refractivity contribution is 0.394. The number of nitrogens with two attached hydrogens (primary N) is 1. The van der Waals surface area contributed by atoms with E-state index in [9.17, 15) is 0 Å². The third kappa shape index (κ3) is 1.89. The summed E-state index contributed by atoms with van der Waals surface area (Å²) in [6, 6.07) is 0. The predicted octanol–water partition coefficient (Wildman–Crippen LogP) is 1.94. The lowest BCUT2D eigenvalue weighted by Crippen LogP contribution is -2.34. The molecular weight excluding hydrogens is 226 g/mol. The van der Waals surface area contributed by atoms with Crippen LogP contribution in [-0.2, 0) is 0 Å². The summed E-state index contributed by atoms with van der Waals surface area (Å²) in [6.07, 6.45) is 9.26. The number of nitrogens with zero attached hydrogens (tertiary/aromatic N) is 4. The van der Waals surface area contributed by atoms with Gasteiger partial charge in [-0.2, -0.15) is 0 Å². The zero-order valence-corrected chi connectivity index (χ0v) is 10.7. The molecule has 2 aromatic rings. The van der Waals surface area contributed by atoms with E-state index in [1.165, 1.54) is 19.3 Å². The molecule has 1 saturated heterocycles. The normalized spacial score (nSPS) is 17.5. The Morgan fingerprint density at radius 1 is 1.39 bits per heavy atom. The van der Waals surface area contributed by atoms with Gasteiger partial charge in [-0.3, -0.25) is 0 Å². The maximum Gasteiger partial charge on any atom is 0.180 e. The van der Waals surface area contributed by atoms with E-state index in [-0.39, 0.29) is 0 Å². The summed E-state index contributed by atoms with van der Waals surface area (Å²) in [7, 11) is 0. The first kappa shape index (κ1) is 11.3. The highest BCUT2D eigenvalue weighted by Crippen LogP contribution is 2.26. The van der Waals surface area contributed by atoms with Gasteiger partial charge in [-0.15, -0.1) is 0 Å². The van der Waals surface area contributed by atoms with Gasteiger partial charge in [0.15, 0.2) is 11.5 Å². The SMILES string of the molecule is CCC1CCN(c2nc(N)cn3ccnc23)CC1. The van der Waals surface area contributed by atoms with Gasteiger partial charge in [0.05, 0.1) is 6.20 Å². The van der Waals surface area contributed by atoms with Crippen LogP contribution in [0.4, 0.5) is 11.6 Å². The molecule has 0 spiro atoms. The van der Waals surface area contributed by atoms with E-state index < -0.39 is 0 Å². The van der Waals surface area contributed by atoms with Crippen LogP contribution in [0.3, 0.4) is 0 Å². The molecule has 0 saturated carbocycles. The summed E-state index contributed by atoms with van der Waals surface area (Å²) < 4.78 is 1.95. The zero-order chi connectivity index (χ0) is 12.5. The quantitative estimate of drug-likeness (QED) is 0.878. The van der Waals surface area contributed by atoms with Gasteiger partial charge in [-0.1, -0.05) is 13.3 Å². The molecule has 0 amide bonds. The van der Waals surface area contributed by atoms with Crippen molar-refractivity contribution in [3.8, 4) is 0 Å². The molecule has 1 aliphatic rings. The van der Waals surface area contributed by atoms with Crippen LogP contribution in [0.1, 0.15) is 26.2 Å². The summed E-state index contributed by atoms with van der Waals surface area (Å²) in [6.45, 7) is 4.38. The van der Waals surface area contributed by atoms with Gasteiger partial charge in [-0.25, -0.2) is 9.97 Å². The minimum atomic E-state index is 0.549. The molecule has 1 fully saturated rings. The van der Waals surface area contributed by atoms with Gasteiger partial charge in [0.2, 0.25) is 0 Å². The highest BCUT2D eigenvalue weighted by Gasteiger charge is 2.21. The Bertz CT molecular complexity index is 539. The highest BCUT2D eigenvalue weighted by molar-refractivity contribution is 5.66. The monoisotopic (exact) mass is 245 g/mol. The molecule has 5 nitrogen and oxygen atoms in total. The second-order valence-electron chi connectivity index (χ2n) is 4.99. The molecule has 3 rings (SSSR count). The number of hydrogen-bond donors (Lipinski definition) is 1. The summed E-state index contributed by atoms with van der Waals surface area (Å²) in [5.74, 6) is 2.33. The van der Waals surface area contributed by atoms with Crippen molar-refractivity contribution < 1.29 is 0 Å². The molecule has 3 heterocycles. The van der Waals surface area contributed by atoms with Crippen LogP contribution in [0, 0.1) is 5.92 Å². The topological polar surface area (TPSA) is 59.5 Å². The number of rotatable bonds is 2. The summed E-state index contributed by atoms with van der Waals surface area (Å²) >= 11 is 0. The van der Waals surface area contributed by atoms with Crippen molar-refractivity contribution in [3.63, 3.8) is 0 Å². The van der Waals surface area contributed by atoms with Gasteiger partial charge in [0.1, 0.15) is 5.82 Å². The minimum absolute atomic E-state index is 0.549. The molecule has 18 heavy (non-hydrogen) atoms. The maximum absolute atomic E-state index is 5.86. The van der Waals surface area contributed by atoms with Crippen LogP contribution >= 0.6 is 0 Å². The van der Waals surface area contributed by atoms with Crippen molar-refractivity contribution >= 4 is 17.3 Å². The molecule has 0 unspecified atom stereocenters. The lowest BCUT2D eigenvalue weighted by Gasteiger charge is -2.32. The van der Waals surface area contributed by atoms with Crippen molar-refractivity contribution in [1.29, 1.82) is 0 Å². The first-order valence-corrected chi connectivity index (χ1v) is 6.62. The van der Waals surface area contributed by atoms with Crippen molar-refractivity contribution in [2.75, 3.05) is 23.7 Å². The van der Waals surface area contributed by atoms with E-state index in [2.05, 4.69) is 21.8 Å². The molecule has 0 bridgehead atoms. The van der Waals surface area contributed by atoms with Gasteiger partial charge in [0, 0.05) is 25.5 Å². The smallest absolute Gasteiger partial charge is 0.180 e. The fraction of sp³-hybridized carbons (Fsp3) is 0.538. The van der Waals surface area contributed by atoms with Crippen LogP contribution in [0.25, 0.3) is 5.65 Å². The van der Waals surface area contributed by atoms with Gasteiger partial charge in [-0.05, 0) is 18.8 Å². The molecule has 2 N–H and O–H groups in total. The molecule has 0 atom stereocenters. The average molecular weight is 245 g/mol. The Hall–Kier alpha value is -1.78. The van der Waals surface area contributed by atoms with Gasteiger partial charge >= 0.3 is 0 Å². The Balaban J connectivity index is 1.92. The van der Waals surface area contributed by atoms with Crippen molar-refractivity contribution in [3.05, 3.63) is 18.6 Å². The standard InChI is InChI=1S/C13H19N5/c1-2-10-3-6-17(7-4-10)13-12-15-5-8-18(12)9-11(14)16-13/h5,8-10H,2-4,6-7,14H2,1H3. The van der Waals surface area contributed by atoms with E-state index >= 15 is 0 Å². The Labute approximate surface area is 107 Å². The third-order valence-corrected chi connectivity index (χ3v) is 3.87. The first-order valence-electron chi connectivity index (χ1n) is 6.62. The third-order valence-electron chi connectivity index (χ3n) is 3.87. The minimum Gasteiger partial charge on any atom is -0.382 e. The average Bonchev–Trinajstić information content (AvgIpc) is 2.86. The maximum atomic E-state index is 5.86. The van der Waals surface area contributed by atoms with Crippen LogP contribution < -0.4 is 10.6 Å². The number of anilines is 2. The molecule has 0 aromatic carbocycles. The molecule has 0 aliphatic carbocycles. The van der Waals surface area contributed by atoms with Crippen LogP contribution in [0.5, 0.6) is 0 Å². The Kier molecular flexibility index (Phi) is 2.81. The largest absolute Gasteiger partial charge is 0.382 e. The fourth-order valence-electron chi connectivity index (χ4n) is 2.70. The number of piperidine rings is 1. The zero-order valence-electron chi connectivity index (χ0n) is 10.7. The molecule has 96 valence electrons.